The molecule has 0 unspecified atom stereocenters. The van der Waals surface area contributed by atoms with Crippen molar-refractivity contribution in [1.82, 2.24) is 0 Å². The van der Waals surface area contributed by atoms with Crippen molar-refractivity contribution < 1.29 is 23.8 Å². The standard InChI is InChI=1S/C15H15NO5/c1-15(2)20-13(17)10(14(18)21-15)8-16-11-4-3-5-12-9(11)6-7-19-12/h3-5,8,16H,6-7H2,1-2H3. The number of fused-ring (bicyclic) bond motifs is 1. The fraction of sp³-hybridized carbons (Fsp3) is 0.333. The van der Waals surface area contributed by atoms with Gasteiger partial charge in [-0.2, -0.15) is 0 Å². The fourth-order valence-electron chi connectivity index (χ4n) is 2.29. The van der Waals surface area contributed by atoms with Crippen LogP contribution < -0.4 is 10.1 Å². The van der Waals surface area contributed by atoms with Crippen molar-refractivity contribution in [2.24, 2.45) is 0 Å². The lowest BCUT2D eigenvalue weighted by Gasteiger charge is -2.29. The first-order chi connectivity index (χ1) is 9.96. The molecule has 0 bridgehead atoms. The topological polar surface area (TPSA) is 73.9 Å². The van der Waals surface area contributed by atoms with Crippen LogP contribution in [-0.2, 0) is 25.5 Å². The molecule has 1 fully saturated rings. The predicted octanol–water partition coefficient (Wildman–Crippen LogP) is 1.75. The minimum absolute atomic E-state index is 0.161. The van der Waals surface area contributed by atoms with Gasteiger partial charge in [-0.05, 0) is 12.1 Å². The molecular weight excluding hydrogens is 274 g/mol. The highest BCUT2D eigenvalue weighted by molar-refractivity contribution is 6.15. The number of rotatable bonds is 2. The first-order valence-corrected chi connectivity index (χ1v) is 6.64. The molecule has 0 atom stereocenters. The van der Waals surface area contributed by atoms with Gasteiger partial charge >= 0.3 is 11.9 Å². The third-order valence-electron chi connectivity index (χ3n) is 3.23. The molecule has 0 aromatic heterocycles. The molecule has 1 aromatic rings. The molecule has 0 radical (unpaired) electrons. The smallest absolute Gasteiger partial charge is 0.350 e. The highest BCUT2D eigenvalue weighted by Crippen LogP contribution is 2.32. The SMILES string of the molecule is CC1(C)OC(=O)C(=CNc2cccc3c2CCO3)C(=O)O1. The van der Waals surface area contributed by atoms with Crippen LogP contribution in [0.25, 0.3) is 0 Å². The van der Waals surface area contributed by atoms with Crippen molar-refractivity contribution in [1.29, 1.82) is 0 Å². The Hall–Kier alpha value is -2.50. The van der Waals surface area contributed by atoms with Gasteiger partial charge in [0.05, 0.1) is 6.61 Å². The van der Waals surface area contributed by atoms with Crippen molar-refractivity contribution in [3.8, 4) is 5.75 Å². The maximum Gasteiger partial charge on any atom is 0.350 e. The summed E-state index contributed by atoms with van der Waals surface area (Å²) in [4.78, 5) is 23.6. The lowest BCUT2D eigenvalue weighted by molar-refractivity contribution is -0.222. The maximum atomic E-state index is 11.8. The van der Waals surface area contributed by atoms with Gasteiger partial charge in [-0.3, -0.25) is 0 Å². The second-order valence-electron chi connectivity index (χ2n) is 5.26. The van der Waals surface area contributed by atoms with Crippen molar-refractivity contribution in [3.63, 3.8) is 0 Å². The molecule has 21 heavy (non-hydrogen) atoms. The molecule has 3 rings (SSSR count). The van der Waals surface area contributed by atoms with Crippen molar-refractivity contribution >= 4 is 17.6 Å². The quantitative estimate of drug-likeness (QED) is 0.508. The zero-order valence-electron chi connectivity index (χ0n) is 11.8. The van der Waals surface area contributed by atoms with Gasteiger partial charge in [0, 0.05) is 37.7 Å². The number of hydrogen-bond donors (Lipinski definition) is 1. The Balaban J connectivity index is 1.82. The van der Waals surface area contributed by atoms with E-state index in [1.165, 1.54) is 20.0 Å². The van der Waals surface area contributed by atoms with Crippen LogP contribution in [0.1, 0.15) is 19.4 Å². The second-order valence-corrected chi connectivity index (χ2v) is 5.26. The number of ether oxygens (including phenoxy) is 3. The van der Waals surface area contributed by atoms with E-state index in [1.807, 2.05) is 18.2 Å². The van der Waals surface area contributed by atoms with E-state index >= 15 is 0 Å². The van der Waals surface area contributed by atoms with Crippen molar-refractivity contribution in [2.75, 3.05) is 11.9 Å². The van der Waals surface area contributed by atoms with Crippen LogP contribution in [0.2, 0.25) is 0 Å². The maximum absolute atomic E-state index is 11.8. The number of carbonyl (C=O) groups excluding carboxylic acids is 2. The Morgan fingerprint density at radius 2 is 1.90 bits per heavy atom. The summed E-state index contributed by atoms with van der Waals surface area (Å²) < 4.78 is 15.5. The van der Waals surface area contributed by atoms with E-state index in [-0.39, 0.29) is 5.57 Å². The van der Waals surface area contributed by atoms with E-state index in [4.69, 9.17) is 14.2 Å². The molecule has 1 N–H and O–H groups in total. The van der Waals surface area contributed by atoms with E-state index in [0.29, 0.717) is 6.61 Å². The number of nitrogens with one attached hydrogen (secondary N) is 1. The van der Waals surface area contributed by atoms with E-state index in [0.717, 1.165) is 23.4 Å². The summed E-state index contributed by atoms with van der Waals surface area (Å²) in [6.45, 7) is 3.64. The number of esters is 2. The third kappa shape index (κ3) is 2.56. The molecule has 6 heteroatoms. The van der Waals surface area contributed by atoms with Gasteiger partial charge in [0.15, 0.2) is 5.57 Å². The van der Waals surface area contributed by atoms with Gasteiger partial charge in [0.1, 0.15) is 5.75 Å². The van der Waals surface area contributed by atoms with Crippen LogP contribution in [0, 0.1) is 0 Å². The van der Waals surface area contributed by atoms with Gasteiger partial charge in [-0.15, -0.1) is 0 Å². The van der Waals surface area contributed by atoms with Crippen molar-refractivity contribution in [2.45, 2.75) is 26.1 Å². The van der Waals surface area contributed by atoms with Gasteiger partial charge < -0.3 is 19.5 Å². The van der Waals surface area contributed by atoms with Gasteiger partial charge in [0.25, 0.3) is 5.79 Å². The number of hydrogen-bond acceptors (Lipinski definition) is 6. The molecule has 1 aromatic carbocycles. The van der Waals surface area contributed by atoms with Crippen LogP contribution in [0.15, 0.2) is 30.0 Å². The lowest BCUT2D eigenvalue weighted by Crippen LogP contribution is -2.42. The van der Waals surface area contributed by atoms with E-state index in [9.17, 15) is 9.59 Å². The average molecular weight is 289 g/mol. The summed E-state index contributed by atoms with van der Waals surface area (Å²) >= 11 is 0. The van der Waals surface area contributed by atoms with Crippen LogP contribution in [-0.4, -0.2) is 24.3 Å². The first kappa shape index (κ1) is 13.5. The Bertz CT molecular complexity index is 625. The fourth-order valence-corrected chi connectivity index (χ4v) is 2.29. The lowest BCUT2D eigenvalue weighted by atomic mass is 10.1. The molecular formula is C15H15NO5. The molecule has 0 spiro atoms. The van der Waals surface area contributed by atoms with Gasteiger partial charge in [-0.25, -0.2) is 9.59 Å². The molecule has 0 aliphatic carbocycles. The molecule has 2 heterocycles. The average Bonchev–Trinajstić information content (AvgIpc) is 2.85. The number of carbonyl (C=O) groups is 2. The second kappa shape index (κ2) is 4.80. The van der Waals surface area contributed by atoms with E-state index in [1.54, 1.807) is 0 Å². The Morgan fingerprint density at radius 3 is 2.62 bits per heavy atom. The Labute approximate surface area is 121 Å². The third-order valence-corrected chi connectivity index (χ3v) is 3.23. The van der Waals surface area contributed by atoms with Gasteiger partial charge in [-0.1, -0.05) is 6.07 Å². The molecule has 6 nitrogen and oxygen atoms in total. The molecule has 1 saturated heterocycles. The van der Waals surface area contributed by atoms with E-state index in [2.05, 4.69) is 5.32 Å². The summed E-state index contributed by atoms with van der Waals surface area (Å²) in [6.07, 6.45) is 2.09. The first-order valence-electron chi connectivity index (χ1n) is 6.64. The summed E-state index contributed by atoms with van der Waals surface area (Å²) in [7, 11) is 0. The number of benzene rings is 1. The van der Waals surface area contributed by atoms with Gasteiger partial charge in [0.2, 0.25) is 0 Å². The molecule has 2 aliphatic rings. The Kier molecular flexibility index (Phi) is 3.08. The predicted molar refractivity (Wildman–Crippen MR) is 73.6 cm³/mol. The monoisotopic (exact) mass is 289 g/mol. The minimum Gasteiger partial charge on any atom is -0.493 e. The summed E-state index contributed by atoms with van der Waals surface area (Å²) in [5, 5.41) is 2.96. The molecule has 0 amide bonds. The zero-order chi connectivity index (χ0) is 15.0. The summed E-state index contributed by atoms with van der Waals surface area (Å²) in [6, 6.07) is 5.58. The highest BCUT2D eigenvalue weighted by Gasteiger charge is 2.39. The Morgan fingerprint density at radius 1 is 1.19 bits per heavy atom. The number of anilines is 1. The van der Waals surface area contributed by atoms with E-state index < -0.39 is 17.7 Å². The molecule has 110 valence electrons. The normalized spacial score (nSPS) is 19.2. The minimum atomic E-state index is -1.23. The largest absolute Gasteiger partial charge is 0.493 e. The summed E-state index contributed by atoms with van der Waals surface area (Å²) in [5.74, 6) is -1.82. The van der Waals surface area contributed by atoms with Crippen molar-refractivity contribution in [3.05, 3.63) is 35.5 Å². The van der Waals surface area contributed by atoms with Crippen LogP contribution in [0.5, 0.6) is 5.75 Å². The van der Waals surface area contributed by atoms with Crippen LogP contribution in [0.4, 0.5) is 5.69 Å². The molecule has 0 saturated carbocycles. The summed E-state index contributed by atoms with van der Waals surface area (Å²) in [5.41, 5.74) is 1.65. The number of cyclic esters (lactones) is 2. The van der Waals surface area contributed by atoms with Crippen LogP contribution >= 0.6 is 0 Å². The van der Waals surface area contributed by atoms with Crippen LogP contribution in [0.3, 0.4) is 0 Å². The molecule has 2 aliphatic heterocycles. The zero-order valence-corrected chi connectivity index (χ0v) is 11.8. The highest BCUT2D eigenvalue weighted by atomic mass is 16.7.